The highest BCUT2D eigenvalue weighted by atomic mass is 15.0. The van der Waals surface area contributed by atoms with Gasteiger partial charge in [0.2, 0.25) is 0 Å². The molecule has 0 radical (unpaired) electrons. The largest absolute Gasteiger partial charge is 0.309 e. The Kier molecular flexibility index (Phi) is 10.7. The summed E-state index contributed by atoms with van der Waals surface area (Å²) in [5.74, 6) is 1.73. The summed E-state index contributed by atoms with van der Waals surface area (Å²) in [6, 6.07) is 79.8. The average molecular weight is 949 g/mol. The van der Waals surface area contributed by atoms with Crippen molar-refractivity contribution in [2.45, 2.75) is 27.7 Å². The van der Waals surface area contributed by atoms with E-state index in [1.165, 1.54) is 38.9 Å². The van der Waals surface area contributed by atoms with Crippen LogP contribution in [0.4, 0.5) is 0 Å². The van der Waals surface area contributed by atoms with Gasteiger partial charge in [-0.25, -0.2) is 15.0 Å². The number of hydrogen-bond acceptors (Lipinski definition) is 4. The molecule has 0 amide bonds. The van der Waals surface area contributed by atoms with Gasteiger partial charge in [0.05, 0.1) is 45.1 Å². The summed E-state index contributed by atoms with van der Waals surface area (Å²) in [4.78, 5) is 15.5. The fourth-order valence-electron chi connectivity index (χ4n) is 11.1. The molecule has 350 valence electrons. The molecule has 0 unspecified atom stereocenters. The van der Waals surface area contributed by atoms with Crippen molar-refractivity contribution >= 4 is 43.6 Å². The Morgan fingerprint density at radius 1 is 0.311 bits per heavy atom. The smallest absolute Gasteiger partial charge is 0.164 e. The van der Waals surface area contributed by atoms with Gasteiger partial charge in [-0.1, -0.05) is 180 Å². The number of fused-ring (bicyclic) bond motifs is 6. The van der Waals surface area contributed by atoms with Crippen LogP contribution in [0.3, 0.4) is 0 Å². The topological polar surface area (TPSA) is 72.3 Å². The maximum atomic E-state index is 10.7. The summed E-state index contributed by atoms with van der Waals surface area (Å²) in [7, 11) is 0. The fraction of sp³-hybridized carbons (Fsp3) is 0.0588. The van der Waals surface area contributed by atoms with Gasteiger partial charge in [0, 0.05) is 49.4 Å². The van der Waals surface area contributed by atoms with Gasteiger partial charge in [0.1, 0.15) is 0 Å². The number of aryl methyl sites for hydroxylation is 4. The van der Waals surface area contributed by atoms with E-state index in [1.54, 1.807) is 0 Å². The molecule has 6 heteroatoms. The summed E-state index contributed by atoms with van der Waals surface area (Å²) in [6.45, 7) is 8.63. The van der Waals surface area contributed by atoms with Crippen molar-refractivity contribution in [2.75, 3.05) is 0 Å². The molecule has 0 spiro atoms. The van der Waals surface area contributed by atoms with E-state index >= 15 is 0 Å². The summed E-state index contributed by atoms with van der Waals surface area (Å²) < 4.78 is 4.76. The minimum Gasteiger partial charge on any atom is -0.309 e. The van der Waals surface area contributed by atoms with Crippen LogP contribution < -0.4 is 0 Å². The van der Waals surface area contributed by atoms with E-state index in [2.05, 4.69) is 188 Å². The Balaban J connectivity index is 1.10. The number of benzene rings is 10. The number of para-hydroxylation sites is 2. The Labute approximate surface area is 429 Å². The maximum Gasteiger partial charge on any atom is 0.164 e. The third-order valence-corrected chi connectivity index (χ3v) is 14.3. The zero-order valence-corrected chi connectivity index (χ0v) is 41.5. The minimum absolute atomic E-state index is 0.552. The van der Waals surface area contributed by atoms with E-state index in [1.807, 2.05) is 72.8 Å². The normalized spacial score (nSPS) is 11.5. The summed E-state index contributed by atoms with van der Waals surface area (Å²) in [5.41, 5.74) is 20.8. The first-order valence-corrected chi connectivity index (χ1v) is 25.0. The molecule has 0 atom stereocenters. The molecule has 0 saturated heterocycles. The highest BCUT2D eigenvalue weighted by Crippen LogP contribution is 2.44. The molecule has 3 heterocycles. The molecular formula is C68H48N6. The van der Waals surface area contributed by atoms with Crippen LogP contribution in [-0.4, -0.2) is 24.1 Å². The number of nitrogens with zero attached hydrogens (tertiary/aromatic N) is 6. The molecule has 0 saturated carbocycles. The first-order valence-electron chi connectivity index (χ1n) is 25.0. The lowest BCUT2D eigenvalue weighted by Gasteiger charge is -2.20. The van der Waals surface area contributed by atoms with Crippen molar-refractivity contribution in [3.05, 3.63) is 246 Å². The molecule has 6 nitrogen and oxygen atoms in total. The van der Waals surface area contributed by atoms with Crippen LogP contribution in [0, 0.1) is 39.0 Å². The Hall–Kier alpha value is -9.70. The molecule has 13 rings (SSSR count). The van der Waals surface area contributed by atoms with E-state index in [9.17, 15) is 5.26 Å². The molecule has 0 aliphatic carbocycles. The Morgan fingerprint density at radius 2 is 0.743 bits per heavy atom. The van der Waals surface area contributed by atoms with Gasteiger partial charge in [-0.05, 0) is 111 Å². The first kappa shape index (κ1) is 44.3. The van der Waals surface area contributed by atoms with Crippen molar-refractivity contribution in [2.24, 2.45) is 0 Å². The lowest BCUT2D eigenvalue weighted by molar-refractivity contribution is 1.07. The van der Waals surface area contributed by atoms with Gasteiger partial charge in [0.25, 0.3) is 0 Å². The SMILES string of the molecule is Cc1cc(C)cc(-c2ccc3c(c2)c2ccccc2n3-c2ccc(C#N)cc2-c2ccc(-c3nc(-c4ccccc4)nc(-c4ccccc4)n3)cc2-n2c3ccccc3c3cc(-c4cc(C)cc(C)c4)ccc32)c1. The number of hydrogen-bond donors (Lipinski definition) is 0. The number of rotatable bonds is 8. The number of nitriles is 1. The van der Waals surface area contributed by atoms with E-state index < -0.39 is 0 Å². The molecule has 0 bridgehead atoms. The lowest BCUT2D eigenvalue weighted by Crippen LogP contribution is -2.04. The average Bonchev–Trinajstić information content (AvgIpc) is 3.94. The molecule has 13 aromatic rings. The zero-order valence-electron chi connectivity index (χ0n) is 41.5. The third-order valence-electron chi connectivity index (χ3n) is 14.3. The number of aromatic nitrogens is 5. The van der Waals surface area contributed by atoms with Crippen LogP contribution in [0.15, 0.2) is 218 Å². The van der Waals surface area contributed by atoms with Crippen molar-refractivity contribution in [1.82, 2.24) is 24.1 Å². The second-order valence-electron chi connectivity index (χ2n) is 19.5. The molecule has 74 heavy (non-hydrogen) atoms. The molecule has 3 aromatic heterocycles. The van der Waals surface area contributed by atoms with Crippen LogP contribution in [0.25, 0.3) is 123 Å². The Bertz CT molecular complexity index is 4320. The van der Waals surface area contributed by atoms with E-state index in [0.717, 1.165) is 88.4 Å². The zero-order chi connectivity index (χ0) is 50.0. The van der Waals surface area contributed by atoms with Gasteiger partial charge in [0.15, 0.2) is 17.5 Å². The third kappa shape index (κ3) is 7.71. The summed E-state index contributed by atoms with van der Waals surface area (Å²) in [5, 5.41) is 15.3. The van der Waals surface area contributed by atoms with Crippen molar-refractivity contribution < 1.29 is 0 Å². The highest BCUT2D eigenvalue weighted by molar-refractivity contribution is 6.13. The highest BCUT2D eigenvalue weighted by Gasteiger charge is 2.23. The molecule has 10 aromatic carbocycles. The van der Waals surface area contributed by atoms with Crippen LogP contribution >= 0.6 is 0 Å². The van der Waals surface area contributed by atoms with Crippen molar-refractivity contribution in [1.29, 1.82) is 5.26 Å². The molecule has 0 fully saturated rings. The van der Waals surface area contributed by atoms with Gasteiger partial charge >= 0.3 is 0 Å². The van der Waals surface area contributed by atoms with Gasteiger partial charge in [-0.3, -0.25) is 0 Å². The second-order valence-corrected chi connectivity index (χ2v) is 19.5. The van der Waals surface area contributed by atoms with Gasteiger partial charge < -0.3 is 9.13 Å². The lowest BCUT2D eigenvalue weighted by atomic mass is 9.96. The summed E-state index contributed by atoms with van der Waals surface area (Å²) >= 11 is 0. The molecule has 0 N–H and O–H groups in total. The maximum absolute atomic E-state index is 10.7. The van der Waals surface area contributed by atoms with Crippen LogP contribution in [-0.2, 0) is 0 Å². The standard InChI is InChI=1S/C68H48N6/c1-42-31-43(2)34-52(33-42)49-25-29-63-58(38-49)54-19-11-13-21-60(54)73(63)62-28-23-46(41-69)37-57(62)56-27-24-51(68-71-66(47-15-7-5-8-16-47)70-67(72-68)48-17-9-6-10-18-48)40-65(56)74-61-22-14-12-20-55(61)59-39-50(26-30-64(59)74)53-35-44(3)32-45(4)36-53/h5-40H,1-4H3. The predicted molar refractivity (Wildman–Crippen MR) is 305 cm³/mol. The van der Waals surface area contributed by atoms with Gasteiger partial charge in [-0.2, -0.15) is 5.26 Å². The van der Waals surface area contributed by atoms with E-state index in [4.69, 9.17) is 15.0 Å². The first-order chi connectivity index (χ1) is 36.2. The van der Waals surface area contributed by atoms with Crippen molar-refractivity contribution in [3.63, 3.8) is 0 Å². The molecule has 0 aliphatic heterocycles. The molecular weight excluding hydrogens is 901 g/mol. The minimum atomic E-state index is 0.552. The van der Waals surface area contributed by atoms with E-state index in [-0.39, 0.29) is 0 Å². The molecule has 0 aliphatic rings. The van der Waals surface area contributed by atoms with Crippen LogP contribution in [0.2, 0.25) is 0 Å². The van der Waals surface area contributed by atoms with Crippen LogP contribution in [0.1, 0.15) is 27.8 Å². The summed E-state index contributed by atoms with van der Waals surface area (Å²) in [6.07, 6.45) is 0. The quantitative estimate of drug-likeness (QED) is 0.152. The second kappa shape index (κ2) is 17.9. The Morgan fingerprint density at radius 3 is 1.24 bits per heavy atom. The fourth-order valence-corrected chi connectivity index (χ4v) is 11.1. The van der Waals surface area contributed by atoms with Gasteiger partial charge in [-0.15, -0.1) is 0 Å². The predicted octanol–water partition coefficient (Wildman–Crippen LogP) is 17.2. The monoisotopic (exact) mass is 948 g/mol. The van der Waals surface area contributed by atoms with Crippen LogP contribution in [0.5, 0.6) is 0 Å². The van der Waals surface area contributed by atoms with Crippen molar-refractivity contribution in [3.8, 4) is 85.0 Å². The van der Waals surface area contributed by atoms with E-state index in [0.29, 0.717) is 23.0 Å².